The van der Waals surface area contributed by atoms with Gasteiger partial charge in [0.05, 0.1) is 62.9 Å². The molecule has 0 saturated carbocycles. The predicted octanol–water partition coefficient (Wildman–Crippen LogP) is 8.31. The quantitative estimate of drug-likeness (QED) is 0.0540. The Kier molecular flexibility index (Phi) is 15.6. The minimum absolute atomic E-state index is 0.00450. The summed E-state index contributed by atoms with van der Waals surface area (Å²) in [6.07, 6.45) is -1.88. The molecule has 2 aliphatic heterocycles. The van der Waals surface area contributed by atoms with Crippen molar-refractivity contribution in [3.05, 3.63) is 154 Å². The third-order valence-electron chi connectivity index (χ3n) is 15.0. The molecule has 6 aromatic carbocycles. The molecule has 7 N–H and O–H groups in total. The van der Waals surface area contributed by atoms with Crippen LogP contribution in [0, 0.1) is 11.6 Å². The van der Waals surface area contributed by atoms with Gasteiger partial charge in [0.1, 0.15) is 48.5 Å². The Labute approximate surface area is 493 Å². The molecule has 27 heteroatoms. The summed E-state index contributed by atoms with van der Waals surface area (Å²) >= 11 is 13.1. The molecule has 4 atom stereocenters. The van der Waals surface area contributed by atoms with E-state index in [1.807, 2.05) is 7.05 Å². The molecule has 6 amide bonds. The van der Waals surface area contributed by atoms with Crippen molar-refractivity contribution in [2.75, 3.05) is 23.7 Å². The summed E-state index contributed by atoms with van der Waals surface area (Å²) in [5.74, 6) is -6.00. The number of H-pyrrole nitrogens is 1. The van der Waals surface area contributed by atoms with Gasteiger partial charge in [-0.25, -0.2) is 27.5 Å². The van der Waals surface area contributed by atoms with Gasteiger partial charge in [-0.1, -0.05) is 96.0 Å². The number of Topliss-reactive ketones (excluding diaryl/α,β-unsaturated/α-hetero) is 1. The number of nitrogens with one attached hydrogen (secondary N) is 3. The van der Waals surface area contributed by atoms with Crippen molar-refractivity contribution < 1.29 is 51.1 Å². The van der Waals surface area contributed by atoms with Gasteiger partial charge in [-0.2, -0.15) is 10.2 Å². The first-order chi connectivity index (χ1) is 41.2. The van der Waals surface area contributed by atoms with Gasteiger partial charge in [-0.15, -0.1) is 0 Å². The number of para-hydroxylation sites is 2. The third-order valence-corrected chi connectivity index (χ3v) is 15.7. The number of imidazole rings is 2. The fourth-order valence-corrected chi connectivity index (χ4v) is 11.4. The molecular formula is C59H48Cl2F4N14O7. The van der Waals surface area contributed by atoms with Crippen LogP contribution in [0.3, 0.4) is 0 Å². The highest BCUT2D eigenvalue weighted by molar-refractivity contribution is 6.38. The highest BCUT2D eigenvalue weighted by Gasteiger charge is 2.42. The Morgan fingerprint density at radius 1 is 0.605 bits per heavy atom. The van der Waals surface area contributed by atoms with Crippen LogP contribution in [0.2, 0.25) is 10.0 Å². The zero-order valence-electron chi connectivity index (χ0n) is 45.3. The minimum Gasteiger partial charge on any atom is -0.364 e. The number of ketones is 1. The van der Waals surface area contributed by atoms with E-state index in [0.29, 0.717) is 38.4 Å². The summed E-state index contributed by atoms with van der Waals surface area (Å²) in [7, 11) is 1.82. The summed E-state index contributed by atoms with van der Waals surface area (Å²) < 4.78 is 65.0. The van der Waals surface area contributed by atoms with E-state index in [4.69, 9.17) is 34.7 Å². The minimum atomic E-state index is -1.49. The number of primary amides is 2. The number of aryl methyl sites for hydroxylation is 1. The van der Waals surface area contributed by atoms with Gasteiger partial charge in [-0.3, -0.25) is 42.9 Å². The van der Waals surface area contributed by atoms with Gasteiger partial charge in [0, 0.05) is 59.8 Å². The number of alkyl halides is 2. The molecule has 21 nitrogen and oxygen atoms in total. The van der Waals surface area contributed by atoms with Crippen molar-refractivity contribution in [1.82, 2.24) is 48.9 Å². The van der Waals surface area contributed by atoms with E-state index in [2.05, 4.69) is 35.8 Å². The normalized spacial score (nSPS) is 16.7. The van der Waals surface area contributed by atoms with Gasteiger partial charge >= 0.3 is 0 Å². The predicted molar refractivity (Wildman–Crippen MR) is 311 cm³/mol. The van der Waals surface area contributed by atoms with Crippen molar-refractivity contribution in [3.8, 4) is 22.3 Å². The second-order valence-corrected chi connectivity index (χ2v) is 21.2. The lowest BCUT2D eigenvalue weighted by atomic mass is 10.0. The first kappa shape index (κ1) is 57.8. The van der Waals surface area contributed by atoms with Gasteiger partial charge in [0.15, 0.2) is 34.6 Å². The smallest absolute Gasteiger partial charge is 0.269 e. The van der Waals surface area contributed by atoms with Crippen LogP contribution in [0.4, 0.5) is 28.9 Å². The molecule has 10 aromatic rings. The number of hydrogen-bond donors (Lipinski definition) is 5. The number of amides is 6. The number of aromatic amines is 1. The molecule has 6 heterocycles. The van der Waals surface area contributed by atoms with E-state index in [9.17, 15) is 42.3 Å². The Morgan fingerprint density at radius 3 is 1.55 bits per heavy atom. The third kappa shape index (κ3) is 10.8. The number of nitrogens with two attached hydrogens (primary N) is 2. The standard InChI is InChI=1S/C30H24ClF2N7O4.C29H24ClF2N7O3/c1-14(41)29-35-20-10-9-16(24(31)27(20)37-29)17-6-4-7-19(25(17)33)36-30(44)22-11-15(32)12-39(22)23(42)13-40-21-8-3-2-5-18(21)26(38-40)28(34)43;1-37-14-34-27-21(37)10-9-16(24(27)30)17-6-4-7-19(25(17)32)35-29(42)22-11-15(31)12-38(22)23(40)13-39-20-8-3-2-5-18(20)26(36-39)28(33)41/h2-10,15,22H,11-13H2,1H3,(H2,34,43)(H,35,37)(H,36,44);2-10,14-15,22H,11-13H2,1H3,(H2,33,41)(H,35,42)/t2*15-,22+/m11/s1. The molecule has 86 heavy (non-hydrogen) atoms. The molecule has 0 unspecified atom stereocenters. The van der Waals surface area contributed by atoms with Crippen LogP contribution in [-0.4, -0.2) is 128 Å². The van der Waals surface area contributed by atoms with Crippen molar-refractivity contribution >= 4 is 120 Å². The molecule has 0 radical (unpaired) electrons. The number of anilines is 2. The lowest BCUT2D eigenvalue weighted by Crippen LogP contribution is -2.44. The van der Waals surface area contributed by atoms with Crippen molar-refractivity contribution in [2.24, 2.45) is 18.5 Å². The van der Waals surface area contributed by atoms with Crippen LogP contribution in [-0.2, 0) is 39.3 Å². The van der Waals surface area contributed by atoms with E-state index in [1.54, 1.807) is 89.8 Å². The Bertz CT molecular complexity index is 4470. The van der Waals surface area contributed by atoms with Crippen molar-refractivity contribution in [1.29, 1.82) is 0 Å². The number of carbonyl (C=O) groups is 7. The fourth-order valence-electron chi connectivity index (χ4n) is 10.8. The first-order valence-corrected chi connectivity index (χ1v) is 27.3. The van der Waals surface area contributed by atoms with E-state index in [0.717, 1.165) is 15.3 Å². The molecule has 2 fully saturated rings. The zero-order valence-corrected chi connectivity index (χ0v) is 46.8. The molecule has 2 saturated heterocycles. The molecule has 0 spiro atoms. The lowest BCUT2D eigenvalue weighted by molar-refractivity contribution is -0.137. The average Bonchev–Trinajstić information content (AvgIpc) is 1.96. The number of hydrogen-bond acceptors (Lipinski definition) is 11. The van der Waals surface area contributed by atoms with Gasteiger partial charge in [0.25, 0.3) is 11.8 Å². The highest BCUT2D eigenvalue weighted by atomic mass is 35.5. The summed E-state index contributed by atoms with van der Waals surface area (Å²) in [4.78, 5) is 102. The maximum Gasteiger partial charge on any atom is 0.269 e. The molecule has 12 rings (SSSR count). The summed E-state index contributed by atoms with van der Waals surface area (Å²) in [5.41, 5.74) is 14.4. The van der Waals surface area contributed by atoms with Crippen LogP contribution in [0.5, 0.6) is 0 Å². The van der Waals surface area contributed by atoms with E-state index in [1.165, 1.54) is 46.6 Å². The summed E-state index contributed by atoms with van der Waals surface area (Å²) in [6.45, 7) is -0.0538. The second-order valence-electron chi connectivity index (χ2n) is 20.5. The number of halogens is 6. The summed E-state index contributed by atoms with van der Waals surface area (Å²) in [6, 6.07) is 26.4. The largest absolute Gasteiger partial charge is 0.364 e. The first-order valence-electron chi connectivity index (χ1n) is 26.5. The SMILES string of the molecule is CC(=O)c1nc2c(Cl)c(-c3cccc(NC(=O)[C@@H]4C[C@@H](F)CN4C(=O)Cn4nc(C(N)=O)c5ccccc54)c3F)ccc2[nH]1.Cn1cnc2c(Cl)c(-c3cccc(NC(=O)[C@@H]4C[C@@H](F)CN4C(=O)Cn4nc(C(N)=O)c5ccccc54)c3F)ccc21. The second kappa shape index (κ2) is 23.2. The Hall–Kier alpha value is -10.0. The van der Waals surface area contributed by atoms with Gasteiger partial charge in [0.2, 0.25) is 23.6 Å². The monoisotopic (exact) mass is 1210 g/mol. The molecule has 0 bridgehead atoms. The topological polar surface area (TPSA) is 284 Å². The molecule has 2 aliphatic rings. The zero-order chi connectivity index (χ0) is 61.0. The van der Waals surface area contributed by atoms with Crippen molar-refractivity contribution in [2.45, 2.75) is 57.3 Å². The number of carbonyl (C=O) groups excluding carboxylic acids is 7. The average molecular weight is 1210 g/mol. The lowest BCUT2D eigenvalue weighted by Gasteiger charge is -2.24. The number of nitrogens with zero attached hydrogens (tertiary/aromatic N) is 9. The van der Waals surface area contributed by atoms with E-state index >= 15 is 8.78 Å². The number of fused-ring (bicyclic) bond motifs is 4. The maximum atomic E-state index is 15.8. The number of rotatable bonds is 13. The molecule has 0 aliphatic carbocycles. The van der Waals surface area contributed by atoms with Crippen LogP contribution in [0.25, 0.3) is 66.1 Å². The Balaban J connectivity index is 0.000000179. The van der Waals surface area contributed by atoms with Crippen molar-refractivity contribution in [3.63, 3.8) is 0 Å². The van der Waals surface area contributed by atoms with Gasteiger partial charge in [-0.05, 0) is 36.4 Å². The van der Waals surface area contributed by atoms with E-state index < -0.39 is 71.5 Å². The molecule has 4 aromatic heterocycles. The number of aromatic nitrogens is 8. The number of likely N-dealkylation sites (tertiary alicyclic amines) is 2. The van der Waals surface area contributed by atoms with E-state index in [-0.39, 0.29) is 106 Å². The van der Waals surface area contributed by atoms with Crippen LogP contribution >= 0.6 is 23.2 Å². The fraction of sp³-hybridized carbons (Fsp3) is 0.203. The van der Waals surface area contributed by atoms with Crippen LogP contribution < -0.4 is 22.1 Å². The van der Waals surface area contributed by atoms with Crippen LogP contribution in [0.1, 0.15) is 51.4 Å². The molecular weight excluding hydrogens is 1160 g/mol. The van der Waals surface area contributed by atoms with Crippen LogP contribution in [0.15, 0.2) is 116 Å². The molecule has 438 valence electrons. The maximum absolute atomic E-state index is 15.8. The summed E-state index contributed by atoms with van der Waals surface area (Å²) in [5, 5.41) is 14.6. The number of benzene rings is 6. The van der Waals surface area contributed by atoms with Gasteiger partial charge < -0.3 is 41.5 Å². The Morgan fingerprint density at radius 2 is 1.07 bits per heavy atom. The highest BCUT2D eigenvalue weighted by Crippen LogP contribution is 2.39.